The Balaban J connectivity index is 3.03. The minimum absolute atomic E-state index is 0.249. The minimum Gasteiger partial charge on any atom is -0.508 e. The molecule has 0 unspecified atom stereocenters. The van der Waals surface area contributed by atoms with Crippen molar-refractivity contribution in [1.82, 2.24) is 0 Å². The van der Waals surface area contributed by atoms with Gasteiger partial charge in [-0.1, -0.05) is 17.6 Å². The molecular formula is C6H5BO. The molecule has 0 aromatic heterocycles. The van der Waals surface area contributed by atoms with Gasteiger partial charge in [0.25, 0.3) is 0 Å². The molecule has 1 aromatic carbocycles. The number of hydrogen-bond donors (Lipinski definition) is 1. The van der Waals surface area contributed by atoms with Gasteiger partial charge in [0, 0.05) is 0 Å². The molecule has 2 heteroatoms. The Morgan fingerprint density at radius 3 is 2.00 bits per heavy atom. The van der Waals surface area contributed by atoms with Crippen LogP contribution in [-0.2, 0) is 0 Å². The molecule has 0 aliphatic carbocycles. The summed E-state index contributed by atoms with van der Waals surface area (Å²) in [7, 11) is 5.32. The Morgan fingerprint density at radius 1 is 1.12 bits per heavy atom. The average molecular weight is 104 g/mol. The van der Waals surface area contributed by atoms with E-state index in [1.54, 1.807) is 24.3 Å². The summed E-state index contributed by atoms with van der Waals surface area (Å²) in [6, 6.07) is 6.40. The van der Waals surface area contributed by atoms with Crippen molar-refractivity contribution < 1.29 is 5.11 Å². The predicted octanol–water partition coefficient (Wildman–Crippen LogP) is 0.186. The van der Waals surface area contributed by atoms with Gasteiger partial charge in [0.2, 0.25) is 0 Å². The molecule has 0 saturated heterocycles. The van der Waals surface area contributed by atoms with Gasteiger partial charge in [0.05, 0.1) is 0 Å². The van der Waals surface area contributed by atoms with Crippen molar-refractivity contribution in [3.05, 3.63) is 24.3 Å². The Bertz CT molecular complexity index is 147. The molecule has 1 rings (SSSR count). The Labute approximate surface area is 49.4 Å². The minimum atomic E-state index is 0.249. The average Bonchev–Trinajstić information content (AvgIpc) is 1.77. The van der Waals surface area contributed by atoms with Crippen LogP contribution in [0.2, 0.25) is 0 Å². The molecule has 8 heavy (non-hydrogen) atoms. The maximum Gasteiger partial charge on any atom is 0.115 e. The lowest BCUT2D eigenvalue weighted by atomic mass is 9.97. The van der Waals surface area contributed by atoms with Crippen LogP contribution in [0, 0.1) is 0 Å². The zero-order valence-electron chi connectivity index (χ0n) is 4.33. The number of aromatic hydroxyl groups is 1. The zero-order chi connectivity index (χ0) is 5.98. The Morgan fingerprint density at radius 2 is 1.62 bits per heavy atom. The van der Waals surface area contributed by atoms with E-state index < -0.39 is 0 Å². The van der Waals surface area contributed by atoms with Gasteiger partial charge < -0.3 is 5.11 Å². The normalized spacial score (nSPS) is 9.00. The van der Waals surface area contributed by atoms with Gasteiger partial charge in [-0.2, -0.15) is 0 Å². The van der Waals surface area contributed by atoms with E-state index in [2.05, 4.69) is 0 Å². The maximum absolute atomic E-state index is 8.70. The van der Waals surface area contributed by atoms with Gasteiger partial charge in [-0.15, -0.1) is 0 Å². The monoisotopic (exact) mass is 104 g/mol. The maximum atomic E-state index is 8.70. The first kappa shape index (κ1) is 5.23. The van der Waals surface area contributed by atoms with Gasteiger partial charge in [0.1, 0.15) is 13.6 Å². The van der Waals surface area contributed by atoms with E-state index in [1.165, 1.54) is 0 Å². The molecule has 0 spiro atoms. The van der Waals surface area contributed by atoms with Crippen molar-refractivity contribution in [2.75, 3.05) is 0 Å². The molecule has 0 atom stereocenters. The molecule has 0 amide bonds. The predicted molar refractivity (Wildman–Crippen MR) is 33.5 cm³/mol. The number of hydrogen-bond acceptors (Lipinski definition) is 1. The number of phenolic OH excluding ortho intramolecular Hbond substituents is 1. The molecule has 0 aliphatic rings. The first-order chi connectivity index (χ1) is 3.79. The molecule has 1 N–H and O–H groups in total. The van der Waals surface area contributed by atoms with E-state index in [-0.39, 0.29) is 5.75 Å². The van der Waals surface area contributed by atoms with Crippen LogP contribution in [0.15, 0.2) is 24.3 Å². The van der Waals surface area contributed by atoms with Gasteiger partial charge in [-0.3, -0.25) is 0 Å². The highest BCUT2D eigenvalue weighted by atomic mass is 16.3. The SMILES string of the molecule is [B]c1ccc(O)cc1. The van der Waals surface area contributed by atoms with Crippen LogP contribution in [0.1, 0.15) is 0 Å². The van der Waals surface area contributed by atoms with Crippen LogP contribution in [0.3, 0.4) is 0 Å². The summed E-state index contributed by atoms with van der Waals surface area (Å²) < 4.78 is 0. The summed E-state index contributed by atoms with van der Waals surface area (Å²) >= 11 is 0. The van der Waals surface area contributed by atoms with Crippen LogP contribution < -0.4 is 5.46 Å². The number of phenols is 1. The summed E-state index contributed by atoms with van der Waals surface area (Å²) in [5.41, 5.74) is 0.669. The third-order valence-electron chi connectivity index (χ3n) is 0.893. The third kappa shape index (κ3) is 1.03. The fourth-order valence-electron chi connectivity index (χ4n) is 0.474. The molecule has 0 aliphatic heterocycles. The lowest BCUT2D eigenvalue weighted by Gasteiger charge is -1.89. The van der Waals surface area contributed by atoms with E-state index >= 15 is 0 Å². The Hall–Kier alpha value is -0.915. The molecule has 0 saturated carbocycles. The van der Waals surface area contributed by atoms with Crippen molar-refractivity contribution in [3.8, 4) is 5.75 Å². The van der Waals surface area contributed by atoms with Gasteiger partial charge in [-0.05, 0) is 12.1 Å². The Kier molecular flexibility index (Phi) is 1.25. The van der Waals surface area contributed by atoms with Crippen LogP contribution in [0.5, 0.6) is 5.75 Å². The van der Waals surface area contributed by atoms with Crippen molar-refractivity contribution in [2.45, 2.75) is 0 Å². The van der Waals surface area contributed by atoms with E-state index in [4.69, 9.17) is 13.0 Å². The fraction of sp³-hybridized carbons (Fsp3) is 0. The number of rotatable bonds is 0. The highest BCUT2D eigenvalue weighted by Gasteiger charge is 1.81. The second kappa shape index (κ2) is 1.91. The standard InChI is InChI=1S/C6H5BO/c7-5-1-3-6(8)4-2-5/h1-4,8H. The first-order valence-corrected chi connectivity index (χ1v) is 2.33. The summed E-state index contributed by atoms with van der Waals surface area (Å²) in [6.45, 7) is 0. The molecule has 0 heterocycles. The molecule has 1 aromatic rings. The van der Waals surface area contributed by atoms with Crippen molar-refractivity contribution in [3.63, 3.8) is 0 Å². The molecule has 1 nitrogen and oxygen atoms in total. The van der Waals surface area contributed by atoms with Crippen molar-refractivity contribution >= 4 is 13.3 Å². The van der Waals surface area contributed by atoms with Gasteiger partial charge in [0.15, 0.2) is 0 Å². The molecule has 0 bridgehead atoms. The van der Waals surface area contributed by atoms with E-state index in [0.717, 1.165) is 0 Å². The largest absolute Gasteiger partial charge is 0.508 e. The number of benzene rings is 1. The smallest absolute Gasteiger partial charge is 0.115 e. The van der Waals surface area contributed by atoms with E-state index in [0.29, 0.717) is 5.46 Å². The molecule has 0 fully saturated rings. The van der Waals surface area contributed by atoms with E-state index in [9.17, 15) is 0 Å². The van der Waals surface area contributed by atoms with Gasteiger partial charge >= 0.3 is 0 Å². The topological polar surface area (TPSA) is 20.2 Å². The van der Waals surface area contributed by atoms with Crippen molar-refractivity contribution in [1.29, 1.82) is 0 Å². The summed E-state index contributed by atoms with van der Waals surface area (Å²) in [5.74, 6) is 0.249. The van der Waals surface area contributed by atoms with Crippen molar-refractivity contribution in [2.24, 2.45) is 0 Å². The van der Waals surface area contributed by atoms with E-state index in [1.807, 2.05) is 0 Å². The van der Waals surface area contributed by atoms with Crippen LogP contribution in [-0.4, -0.2) is 13.0 Å². The third-order valence-corrected chi connectivity index (χ3v) is 0.893. The lowest BCUT2D eigenvalue weighted by molar-refractivity contribution is 0.475. The highest BCUT2D eigenvalue weighted by molar-refractivity contribution is 6.32. The lowest BCUT2D eigenvalue weighted by Crippen LogP contribution is -1.97. The summed E-state index contributed by atoms with van der Waals surface area (Å²) in [6.07, 6.45) is 0. The summed E-state index contributed by atoms with van der Waals surface area (Å²) in [4.78, 5) is 0. The fourth-order valence-corrected chi connectivity index (χ4v) is 0.474. The zero-order valence-corrected chi connectivity index (χ0v) is 4.33. The second-order valence-corrected chi connectivity index (χ2v) is 1.59. The highest BCUT2D eigenvalue weighted by Crippen LogP contribution is 2.01. The molecule has 38 valence electrons. The summed E-state index contributed by atoms with van der Waals surface area (Å²) in [5, 5.41) is 8.70. The molecule has 2 radical (unpaired) electrons. The molecular weight excluding hydrogens is 98.9 g/mol. The van der Waals surface area contributed by atoms with Crippen LogP contribution in [0.4, 0.5) is 0 Å². The van der Waals surface area contributed by atoms with Gasteiger partial charge in [-0.25, -0.2) is 0 Å². The quantitative estimate of drug-likeness (QED) is 0.465. The second-order valence-electron chi connectivity index (χ2n) is 1.59. The van der Waals surface area contributed by atoms with Crippen LogP contribution in [0.25, 0.3) is 0 Å². The first-order valence-electron chi connectivity index (χ1n) is 2.33. The van der Waals surface area contributed by atoms with Crippen LogP contribution >= 0.6 is 0 Å².